The molecule has 1 fully saturated rings. The molecule has 0 aromatic heterocycles. The van der Waals surface area contributed by atoms with Crippen molar-refractivity contribution in [3.05, 3.63) is 54.1 Å². The lowest BCUT2D eigenvalue weighted by Gasteiger charge is -2.50. The maximum absolute atomic E-state index is 14.2. The number of carboxylic acid groups (broad SMARTS) is 2. The number of ether oxygens (including phenoxy) is 2. The molecule has 47 heavy (non-hydrogen) atoms. The van der Waals surface area contributed by atoms with Gasteiger partial charge >= 0.3 is 24.1 Å². The first-order valence-corrected chi connectivity index (χ1v) is 16.8. The van der Waals surface area contributed by atoms with Crippen LogP contribution in [0.25, 0.3) is 11.1 Å². The molecule has 1 aliphatic heterocycles. The fourth-order valence-electron chi connectivity index (χ4n) is 5.35. The van der Waals surface area contributed by atoms with E-state index in [1.54, 1.807) is 71.9 Å². The average Bonchev–Trinajstić information content (AvgIpc) is 2.97. The predicted octanol–water partition coefficient (Wildman–Crippen LogP) is 6.23. The van der Waals surface area contributed by atoms with Crippen LogP contribution < -0.4 is 10.2 Å². The van der Waals surface area contributed by atoms with Crippen molar-refractivity contribution in [3.63, 3.8) is 0 Å². The third-order valence-corrected chi connectivity index (χ3v) is 7.95. The molecule has 0 saturated carbocycles. The van der Waals surface area contributed by atoms with Gasteiger partial charge in [-0.15, -0.1) is 0 Å². The molecule has 1 heterocycles. The standard InChI is InChI=1S/C34H45N3O9S/c1-32(2,3)45-29(41)34(18-11-12-19-36(34)31(44)46-33(4,5)6)37(30(42)43)23-15-16-24(25(21-23)22-13-9-8-10-14-22)27(38)35-26(28(39)40)17-20-47-7/h8-10,13-16,21,26H,11-12,17-20H2,1-7H3,(H,35,38)(H,39,40)(H,42,43)/t26-,34?/m0/s1. The molecule has 0 radical (unpaired) electrons. The van der Waals surface area contributed by atoms with E-state index in [1.165, 1.54) is 30.0 Å². The highest BCUT2D eigenvalue weighted by atomic mass is 32.2. The molecule has 3 N–H and O–H groups in total. The summed E-state index contributed by atoms with van der Waals surface area (Å²) >= 11 is 1.45. The van der Waals surface area contributed by atoms with E-state index in [4.69, 9.17) is 9.47 Å². The summed E-state index contributed by atoms with van der Waals surface area (Å²) in [6, 6.07) is 11.8. The number of carbonyl (C=O) groups excluding carboxylic acids is 3. The molecule has 1 aliphatic rings. The minimum absolute atomic E-state index is 0.00797. The van der Waals surface area contributed by atoms with E-state index < -0.39 is 52.9 Å². The van der Waals surface area contributed by atoms with Crippen molar-refractivity contribution in [2.75, 3.05) is 23.5 Å². The second-order valence-electron chi connectivity index (χ2n) is 13.3. The van der Waals surface area contributed by atoms with E-state index >= 15 is 0 Å². The highest BCUT2D eigenvalue weighted by Crippen LogP contribution is 2.40. The molecule has 2 aromatic rings. The molecular weight excluding hydrogens is 626 g/mol. The number of amides is 3. The molecule has 2 atom stereocenters. The zero-order valence-electron chi connectivity index (χ0n) is 28.0. The number of carboxylic acids is 1. The summed E-state index contributed by atoms with van der Waals surface area (Å²) in [5.74, 6) is -2.28. The van der Waals surface area contributed by atoms with Crippen molar-refractivity contribution in [2.45, 2.75) is 90.1 Å². The van der Waals surface area contributed by atoms with Crippen molar-refractivity contribution in [3.8, 4) is 11.1 Å². The molecule has 0 bridgehead atoms. The van der Waals surface area contributed by atoms with E-state index in [9.17, 15) is 34.2 Å². The normalized spacial score (nSPS) is 17.3. The number of aliphatic carboxylic acids is 1. The maximum Gasteiger partial charge on any atom is 0.414 e. The molecule has 3 amide bonds. The van der Waals surface area contributed by atoms with Gasteiger partial charge in [0.2, 0.25) is 5.66 Å². The quantitative estimate of drug-likeness (QED) is 0.247. The largest absolute Gasteiger partial charge is 0.480 e. The fourth-order valence-corrected chi connectivity index (χ4v) is 5.83. The molecule has 13 heteroatoms. The highest BCUT2D eigenvalue weighted by Gasteiger charge is 2.58. The maximum atomic E-state index is 14.2. The lowest BCUT2D eigenvalue weighted by Crippen LogP contribution is -2.71. The van der Waals surface area contributed by atoms with Crippen LogP contribution >= 0.6 is 11.8 Å². The summed E-state index contributed by atoms with van der Waals surface area (Å²) in [5.41, 5.74) is -3.20. The number of carbonyl (C=O) groups is 5. The third-order valence-electron chi connectivity index (χ3n) is 7.31. The van der Waals surface area contributed by atoms with Crippen molar-refractivity contribution in [1.82, 2.24) is 10.2 Å². The number of piperidine rings is 1. The topological polar surface area (TPSA) is 163 Å². The first kappa shape index (κ1) is 37.2. The minimum atomic E-state index is -2.15. The SMILES string of the molecule is CSCC[C@H](NC(=O)c1ccc(N(C(=O)O)C2(C(=O)OC(C)(C)C)CCCCN2C(=O)OC(C)(C)C)cc1-c1ccccc1)C(=O)O. The molecule has 12 nitrogen and oxygen atoms in total. The molecular formula is C34H45N3O9S. The average molecular weight is 672 g/mol. The van der Waals surface area contributed by atoms with E-state index in [0.717, 1.165) is 9.80 Å². The molecule has 1 saturated heterocycles. The van der Waals surface area contributed by atoms with Crippen molar-refractivity contribution in [1.29, 1.82) is 0 Å². The molecule has 3 rings (SSSR count). The van der Waals surface area contributed by atoms with Gasteiger partial charge in [-0.1, -0.05) is 30.3 Å². The first-order valence-electron chi connectivity index (χ1n) is 15.4. The number of hydrogen-bond acceptors (Lipinski definition) is 8. The zero-order chi connectivity index (χ0) is 35.2. The van der Waals surface area contributed by atoms with E-state index in [-0.39, 0.29) is 30.6 Å². The van der Waals surface area contributed by atoms with Crippen LogP contribution in [0.3, 0.4) is 0 Å². The summed E-state index contributed by atoms with van der Waals surface area (Å²) in [6.45, 7) is 9.98. The number of nitrogens with zero attached hydrogens (tertiary/aromatic N) is 2. The van der Waals surface area contributed by atoms with Gasteiger partial charge in [0.15, 0.2) is 0 Å². The smallest absolute Gasteiger partial charge is 0.414 e. The Bertz CT molecular complexity index is 1470. The second kappa shape index (κ2) is 15.1. The van der Waals surface area contributed by atoms with Gasteiger partial charge in [0.1, 0.15) is 17.2 Å². The third kappa shape index (κ3) is 9.18. The van der Waals surface area contributed by atoms with Gasteiger partial charge in [0, 0.05) is 18.5 Å². The van der Waals surface area contributed by atoms with Crippen LogP contribution in [0.15, 0.2) is 48.5 Å². The summed E-state index contributed by atoms with van der Waals surface area (Å²) in [4.78, 5) is 68.7. The van der Waals surface area contributed by atoms with Crippen LogP contribution in [0.5, 0.6) is 0 Å². The van der Waals surface area contributed by atoms with Crippen molar-refractivity contribution in [2.24, 2.45) is 0 Å². The second-order valence-corrected chi connectivity index (χ2v) is 14.3. The minimum Gasteiger partial charge on any atom is -0.480 e. The number of benzene rings is 2. The first-order chi connectivity index (χ1) is 21.9. The number of likely N-dealkylation sites (tertiary alicyclic amines) is 1. The fraction of sp³-hybridized carbons (Fsp3) is 0.500. The number of hydrogen-bond donors (Lipinski definition) is 3. The Labute approximate surface area is 279 Å². The van der Waals surface area contributed by atoms with Crippen LogP contribution in [0.4, 0.5) is 15.3 Å². The zero-order valence-corrected chi connectivity index (χ0v) is 28.8. The van der Waals surface area contributed by atoms with E-state index in [1.807, 2.05) is 6.26 Å². The summed E-state index contributed by atoms with van der Waals surface area (Å²) in [6.07, 6.45) is 0.442. The van der Waals surface area contributed by atoms with Gasteiger partial charge in [-0.2, -0.15) is 11.8 Å². The molecule has 0 aliphatic carbocycles. The Morgan fingerprint density at radius 3 is 2.15 bits per heavy atom. The van der Waals surface area contributed by atoms with Crippen LogP contribution in [-0.4, -0.2) is 86.6 Å². The molecule has 256 valence electrons. The van der Waals surface area contributed by atoms with Gasteiger partial charge in [-0.3, -0.25) is 9.69 Å². The van der Waals surface area contributed by atoms with Crippen molar-refractivity contribution < 1.29 is 43.7 Å². The van der Waals surface area contributed by atoms with E-state index in [0.29, 0.717) is 29.7 Å². The van der Waals surface area contributed by atoms with Gasteiger partial charge in [0.05, 0.1) is 5.69 Å². The van der Waals surface area contributed by atoms with Gasteiger partial charge in [-0.25, -0.2) is 24.1 Å². The Morgan fingerprint density at radius 1 is 0.957 bits per heavy atom. The number of esters is 1. The van der Waals surface area contributed by atoms with Gasteiger partial charge in [-0.05, 0) is 102 Å². The Balaban J connectivity index is 2.27. The molecule has 2 aromatic carbocycles. The number of nitrogens with one attached hydrogen (secondary N) is 1. The number of thioether (sulfide) groups is 1. The highest BCUT2D eigenvalue weighted by molar-refractivity contribution is 7.98. The summed E-state index contributed by atoms with van der Waals surface area (Å²) in [7, 11) is 0. The Morgan fingerprint density at radius 2 is 1.60 bits per heavy atom. The molecule has 0 spiro atoms. The lowest BCUT2D eigenvalue weighted by molar-refractivity contribution is -0.171. The number of rotatable bonds is 10. The van der Waals surface area contributed by atoms with Crippen LogP contribution in [-0.2, 0) is 19.1 Å². The molecule has 1 unspecified atom stereocenters. The van der Waals surface area contributed by atoms with Gasteiger partial charge in [0.25, 0.3) is 5.91 Å². The summed E-state index contributed by atoms with van der Waals surface area (Å²) in [5, 5.41) is 23.1. The van der Waals surface area contributed by atoms with Crippen LogP contribution in [0.2, 0.25) is 0 Å². The monoisotopic (exact) mass is 671 g/mol. The number of anilines is 1. The lowest BCUT2D eigenvalue weighted by atomic mass is 9.91. The van der Waals surface area contributed by atoms with Crippen LogP contribution in [0, 0.1) is 0 Å². The van der Waals surface area contributed by atoms with Crippen molar-refractivity contribution >= 4 is 47.5 Å². The Kier molecular flexibility index (Phi) is 11.9. The van der Waals surface area contributed by atoms with E-state index in [2.05, 4.69) is 5.32 Å². The van der Waals surface area contributed by atoms with Gasteiger partial charge < -0.3 is 25.0 Å². The van der Waals surface area contributed by atoms with Crippen LogP contribution in [0.1, 0.15) is 77.6 Å². The summed E-state index contributed by atoms with van der Waals surface area (Å²) < 4.78 is 11.5. The Hall–Kier alpha value is -4.26. The predicted molar refractivity (Wildman–Crippen MR) is 180 cm³/mol.